The summed E-state index contributed by atoms with van der Waals surface area (Å²) in [6, 6.07) is 27.9. The molecular formula is C26H23N3O2. The molecule has 0 radical (unpaired) electrons. The summed E-state index contributed by atoms with van der Waals surface area (Å²) in [6.45, 7) is 0.449. The third-order valence-electron chi connectivity index (χ3n) is 5.35. The topological polar surface area (TPSA) is 73.2 Å². The summed E-state index contributed by atoms with van der Waals surface area (Å²) >= 11 is 0. The van der Waals surface area contributed by atoms with Gasteiger partial charge in [0.05, 0.1) is 26.5 Å². The van der Waals surface area contributed by atoms with Gasteiger partial charge in [-0.1, -0.05) is 60.7 Å². The van der Waals surface area contributed by atoms with Crippen LogP contribution in [0.2, 0.25) is 0 Å². The molecule has 0 aliphatic rings. The second kappa shape index (κ2) is 8.68. The molecule has 0 fully saturated rings. The van der Waals surface area contributed by atoms with Crippen molar-refractivity contribution in [2.45, 2.75) is 6.54 Å². The standard InChI is InChI=1S/C26H23N3O2/c1-30-21-14-13-20(23(15-21)31-2)17-29-25(19-11-7-4-8-12-19)24(22(16-27)26(29)28)18-9-5-3-6-10-18/h3-15H,17,28H2,1-2H3. The third kappa shape index (κ3) is 3.72. The molecule has 4 rings (SSSR count). The molecule has 31 heavy (non-hydrogen) atoms. The van der Waals surface area contributed by atoms with Crippen molar-refractivity contribution in [2.75, 3.05) is 20.0 Å². The van der Waals surface area contributed by atoms with Gasteiger partial charge in [0, 0.05) is 17.2 Å². The van der Waals surface area contributed by atoms with Gasteiger partial charge in [0.2, 0.25) is 0 Å². The Kier molecular flexibility index (Phi) is 5.63. The minimum Gasteiger partial charge on any atom is -0.497 e. The lowest BCUT2D eigenvalue weighted by Crippen LogP contribution is -2.07. The molecule has 0 atom stereocenters. The maximum Gasteiger partial charge on any atom is 0.127 e. The summed E-state index contributed by atoms with van der Waals surface area (Å²) in [6.07, 6.45) is 0. The Hall–Kier alpha value is -4.17. The van der Waals surface area contributed by atoms with Crippen LogP contribution in [0.4, 0.5) is 5.82 Å². The van der Waals surface area contributed by atoms with E-state index in [0.29, 0.717) is 29.4 Å². The monoisotopic (exact) mass is 409 g/mol. The predicted molar refractivity (Wildman–Crippen MR) is 123 cm³/mol. The number of nitrogen functional groups attached to an aromatic ring is 1. The molecule has 1 heterocycles. The fourth-order valence-electron chi connectivity index (χ4n) is 3.85. The van der Waals surface area contributed by atoms with Gasteiger partial charge in [0.25, 0.3) is 0 Å². The first-order chi connectivity index (χ1) is 15.2. The van der Waals surface area contributed by atoms with Crippen LogP contribution in [0.5, 0.6) is 11.5 Å². The number of aromatic nitrogens is 1. The maximum absolute atomic E-state index is 10.00. The molecule has 0 saturated carbocycles. The Bertz CT molecular complexity index is 1240. The van der Waals surface area contributed by atoms with Gasteiger partial charge in [-0.05, 0) is 23.3 Å². The molecule has 0 unspecified atom stereocenters. The van der Waals surface area contributed by atoms with Crippen molar-refractivity contribution in [2.24, 2.45) is 0 Å². The Morgan fingerprint density at radius 2 is 1.52 bits per heavy atom. The van der Waals surface area contributed by atoms with Crippen molar-refractivity contribution in [3.8, 4) is 40.0 Å². The largest absolute Gasteiger partial charge is 0.497 e. The summed E-state index contributed by atoms with van der Waals surface area (Å²) in [4.78, 5) is 0. The number of hydrogen-bond acceptors (Lipinski definition) is 4. The third-order valence-corrected chi connectivity index (χ3v) is 5.35. The van der Waals surface area contributed by atoms with Crippen molar-refractivity contribution in [3.63, 3.8) is 0 Å². The average molecular weight is 409 g/mol. The van der Waals surface area contributed by atoms with Crippen LogP contribution in [0.15, 0.2) is 78.9 Å². The highest BCUT2D eigenvalue weighted by atomic mass is 16.5. The number of benzene rings is 3. The molecular weight excluding hydrogens is 386 g/mol. The molecule has 0 bridgehead atoms. The lowest BCUT2D eigenvalue weighted by Gasteiger charge is -2.16. The molecule has 0 aliphatic carbocycles. The fourth-order valence-corrected chi connectivity index (χ4v) is 3.85. The van der Waals surface area contributed by atoms with Gasteiger partial charge in [-0.15, -0.1) is 0 Å². The van der Waals surface area contributed by atoms with Gasteiger partial charge < -0.3 is 19.8 Å². The smallest absolute Gasteiger partial charge is 0.127 e. The minimum absolute atomic E-state index is 0.429. The van der Waals surface area contributed by atoms with E-state index in [1.807, 2.05) is 83.4 Å². The first-order valence-corrected chi connectivity index (χ1v) is 9.91. The normalized spacial score (nSPS) is 10.5. The molecule has 5 nitrogen and oxygen atoms in total. The lowest BCUT2D eigenvalue weighted by atomic mass is 9.98. The van der Waals surface area contributed by atoms with Crippen LogP contribution in [-0.2, 0) is 6.54 Å². The Morgan fingerprint density at radius 1 is 0.871 bits per heavy atom. The first-order valence-electron chi connectivity index (χ1n) is 9.91. The molecule has 5 heteroatoms. The van der Waals surface area contributed by atoms with E-state index in [-0.39, 0.29) is 0 Å². The summed E-state index contributed by atoms with van der Waals surface area (Å²) in [5, 5.41) is 10.00. The summed E-state index contributed by atoms with van der Waals surface area (Å²) in [5.74, 6) is 1.84. The van der Waals surface area contributed by atoms with E-state index in [9.17, 15) is 5.26 Å². The number of nitriles is 1. The summed E-state index contributed by atoms with van der Waals surface area (Å²) < 4.78 is 12.9. The van der Waals surface area contributed by atoms with Crippen LogP contribution in [0.1, 0.15) is 11.1 Å². The number of ether oxygens (including phenoxy) is 2. The van der Waals surface area contributed by atoms with Crippen LogP contribution in [0.3, 0.4) is 0 Å². The zero-order chi connectivity index (χ0) is 21.8. The zero-order valence-corrected chi connectivity index (χ0v) is 17.5. The van der Waals surface area contributed by atoms with Crippen LogP contribution < -0.4 is 15.2 Å². The number of rotatable bonds is 6. The van der Waals surface area contributed by atoms with Gasteiger partial charge in [0.15, 0.2) is 0 Å². The van der Waals surface area contributed by atoms with E-state index in [4.69, 9.17) is 15.2 Å². The van der Waals surface area contributed by atoms with E-state index in [0.717, 1.165) is 27.9 Å². The average Bonchev–Trinajstić information content (AvgIpc) is 3.11. The number of methoxy groups -OCH3 is 2. The highest BCUT2D eigenvalue weighted by molar-refractivity contribution is 5.90. The molecule has 0 saturated heterocycles. The number of anilines is 1. The number of nitrogens with zero attached hydrogens (tertiary/aromatic N) is 2. The predicted octanol–water partition coefficient (Wildman–Crippen LogP) is 5.34. The minimum atomic E-state index is 0.429. The van der Waals surface area contributed by atoms with Crippen molar-refractivity contribution >= 4 is 5.82 Å². The zero-order valence-electron chi connectivity index (χ0n) is 17.5. The van der Waals surface area contributed by atoms with E-state index in [1.54, 1.807) is 14.2 Å². The van der Waals surface area contributed by atoms with Crippen molar-refractivity contribution in [1.82, 2.24) is 4.57 Å². The van der Waals surface area contributed by atoms with Gasteiger partial charge in [-0.3, -0.25) is 0 Å². The van der Waals surface area contributed by atoms with Gasteiger partial charge in [0.1, 0.15) is 28.9 Å². The van der Waals surface area contributed by atoms with Crippen molar-refractivity contribution < 1.29 is 9.47 Å². The molecule has 0 spiro atoms. The van der Waals surface area contributed by atoms with E-state index in [1.165, 1.54) is 0 Å². The van der Waals surface area contributed by atoms with Gasteiger partial charge in [-0.25, -0.2) is 0 Å². The Balaban J connectivity index is 1.97. The fraction of sp³-hybridized carbons (Fsp3) is 0.115. The van der Waals surface area contributed by atoms with Crippen molar-refractivity contribution in [1.29, 1.82) is 5.26 Å². The highest BCUT2D eigenvalue weighted by Gasteiger charge is 2.24. The summed E-state index contributed by atoms with van der Waals surface area (Å²) in [5.41, 5.74) is 11.6. The molecule has 0 amide bonds. The lowest BCUT2D eigenvalue weighted by molar-refractivity contribution is 0.390. The van der Waals surface area contributed by atoms with E-state index >= 15 is 0 Å². The van der Waals surface area contributed by atoms with Crippen LogP contribution in [0.25, 0.3) is 22.4 Å². The molecule has 1 aromatic heterocycles. The van der Waals surface area contributed by atoms with Gasteiger partial charge in [-0.2, -0.15) is 5.26 Å². The SMILES string of the molecule is COc1ccc(Cn2c(N)c(C#N)c(-c3ccccc3)c2-c2ccccc2)c(OC)c1. The molecule has 3 aromatic carbocycles. The molecule has 154 valence electrons. The molecule has 4 aromatic rings. The molecule has 2 N–H and O–H groups in total. The highest BCUT2D eigenvalue weighted by Crippen LogP contribution is 2.41. The quantitative estimate of drug-likeness (QED) is 0.466. The van der Waals surface area contributed by atoms with Crippen LogP contribution in [0, 0.1) is 11.3 Å². The second-order valence-electron chi connectivity index (χ2n) is 7.09. The van der Waals surface area contributed by atoms with E-state index < -0.39 is 0 Å². The van der Waals surface area contributed by atoms with Gasteiger partial charge >= 0.3 is 0 Å². The summed E-state index contributed by atoms with van der Waals surface area (Å²) in [7, 11) is 3.25. The number of hydrogen-bond donors (Lipinski definition) is 1. The Labute approximate surface area is 181 Å². The Morgan fingerprint density at radius 3 is 2.10 bits per heavy atom. The maximum atomic E-state index is 10.00. The second-order valence-corrected chi connectivity index (χ2v) is 7.09. The van der Waals surface area contributed by atoms with E-state index in [2.05, 4.69) is 6.07 Å². The first kappa shape index (κ1) is 20.1. The molecule has 0 aliphatic heterocycles. The number of nitrogens with two attached hydrogens (primary N) is 1. The van der Waals surface area contributed by atoms with Crippen molar-refractivity contribution in [3.05, 3.63) is 90.0 Å². The van der Waals surface area contributed by atoms with Crippen LogP contribution >= 0.6 is 0 Å². The van der Waals surface area contributed by atoms with Crippen LogP contribution in [-0.4, -0.2) is 18.8 Å².